The molecule has 0 amide bonds. The highest BCUT2D eigenvalue weighted by Crippen LogP contribution is 2.35. The molecule has 1 aromatic carbocycles. The van der Waals surface area contributed by atoms with E-state index in [-0.39, 0.29) is 18.7 Å². The Morgan fingerprint density at radius 1 is 1.67 bits per heavy atom. The van der Waals surface area contributed by atoms with Gasteiger partial charge in [-0.25, -0.2) is 0 Å². The highest BCUT2D eigenvalue weighted by molar-refractivity contribution is 5.66. The van der Waals surface area contributed by atoms with Gasteiger partial charge >= 0.3 is 0 Å². The van der Waals surface area contributed by atoms with E-state index < -0.39 is 0 Å². The molecule has 4 N–H and O–H groups in total. The number of anilines is 1. The fourth-order valence-corrected chi connectivity index (χ4v) is 1.94. The second-order valence-electron chi connectivity index (χ2n) is 3.80. The topological polar surface area (TPSA) is 67.5 Å². The van der Waals surface area contributed by atoms with E-state index in [9.17, 15) is 0 Å². The fourth-order valence-electron chi connectivity index (χ4n) is 1.94. The largest absolute Gasteiger partial charge is 0.495 e. The lowest BCUT2D eigenvalue weighted by Gasteiger charge is -2.17. The Morgan fingerprint density at radius 2 is 2.47 bits per heavy atom. The molecule has 82 valence electrons. The molecular weight excluding hydrogens is 192 g/mol. The number of rotatable bonds is 3. The standard InChI is InChI=1S/C11H16N2O2/c1-15-10-4-2-3-7-5-9(8(12)6-14)13-11(7)10/h2-4,8-9,13-14H,5-6,12H2,1H3. The minimum atomic E-state index is -0.234. The predicted octanol–water partition coefficient (Wildman–Crippen LogP) is 0.351. The van der Waals surface area contributed by atoms with Gasteiger partial charge in [0.1, 0.15) is 5.75 Å². The van der Waals surface area contributed by atoms with Gasteiger partial charge in [-0.05, 0) is 18.1 Å². The van der Waals surface area contributed by atoms with Crippen LogP contribution in [-0.4, -0.2) is 30.9 Å². The van der Waals surface area contributed by atoms with Crippen molar-refractivity contribution in [3.63, 3.8) is 0 Å². The van der Waals surface area contributed by atoms with Gasteiger partial charge in [0.15, 0.2) is 0 Å². The maximum atomic E-state index is 9.00. The monoisotopic (exact) mass is 208 g/mol. The molecule has 0 fully saturated rings. The number of nitrogens with one attached hydrogen (secondary N) is 1. The summed E-state index contributed by atoms with van der Waals surface area (Å²) in [5, 5.41) is 12.3. The Labute approximate surface area is 89.0 Å². The van der Waals surface area contributed by atoms with Crippen LogP contribution >= 0.6 is 0 Å². The normalized spacial score (nSPS) is 20.6. The Kier molecular flexibility index (Phi) is 2.79. The van der Waals surface area contributed by atoms with Gasteiger partial charge in [-0.3, -0.25) is 0 Å². The number of ether oxygens (including phenoxy) is 1. The number of benzene rings is 1. The molecule has 4 heteroatoms. The molecule has 2 atom stereocenters. The van der Waals surface area contributed by atoms with Gasteiger partial charge in [-0.1, -0.05) is 12.1 Å². The predicted molar refractivity (Wildman–Crippen MR) is 59.2 cm³/mol. The second-order valence-corrected chi connectivity index (χ2v) is 3.80. The Balaban J connectivity index is 2.23. The van der Waals surface area contributed by atoms with Gasteiger partial charge in [-0.15, -0.1) is 0 Å². The maximum absolute atomic E-state index is 9.00. The van der Waals surface area contributed by atoms with Gasteiger partial charge < -0.3 is 20.9 Å². The number of para-hydroxylation sites is 1. The highest BCUT2D eigenvalue weighted by atomic mass is 16.5. The van der Waals surface area contributed by atoms with Gasteiger partial charge in [-0.2, -0.15) is 0 Å². The van der Waals surface area contributed by atoms with E-state index in [1.54, 1.807) is 7.11 Å². The van der Waals surface area contributed by atoms with Crippen LogP contribution in [0.25, 0.3) is 0 Å². The number of methoxy groups -OCH3 is 1. The van der Waals surface area contributed by atoms with Crippen LogP contribution in [0.2, 0.25) is 0 Å². The third-order valence-corrected chi connectivity index (χ3v) is 2.83. The van der Waals surface area contributed by atoms with Gasteiger partial charge in [0.25, 0.3) is 0 Å². The Hall–Kier alpha value is -1.26. The first-order valence-electron chi connectivity index (χ1n) is 5.05. The van der Waals surface area contributed by atoms with Crippen molar-refractivity contribution in [2.45, 2.75) is 18.5 Å². The Morgan fingerprint density at radius 3 is 3.13 bits per heavy atom. The molecule has 0 aliphatic carbocycles. The zero-order valence-corrected chi connectivity index (χ0v) is 8.73. The summed E-state index contributed by atoms with van der Waals surface area (Å²) in [6, 6.07) is 5.79. The molecule has 15 heavy (non-hydrogen) atoms. The summed E-state index contributed by atoms with van der Waals surface area (Å²) in [6.45, 7) is -0.00598. The van der Waals surface area contributed by atoms with Crippen LogP contribution in [0.4, 0.5) is 5.69 Å². The first-order valence-corrected chi connectivity index (χ1v) is 5.05. The summed E-state index contributed by atoms with van der Waals surface area (Å²) in [7, 11) is 1.65. The average Bonchev–Trinajstić information content (AvgIpc) is 2.71. The molecule has 0 bridgehead atoms. The number of nitrogens with two attached hydrogens (primary N) is 1. The van der Waals surface area contributed by atoms with Crippen molar-refractivity contribution < 1.29 is 9.84 Å². The average molecular weight is 208 g/mol. The molecule has 1 aliphatic rings. The molecule has 1 aliphatic heterocycles. The number of aliphatic hydroxyl groups excluding tert-OH is 1. The van der Waals surface area contributed by atoms with E-state index in [2.05, 4.69) is 11.4 Å². The van der Waals surface area contributed by atoms with Crippen LogP contribution in [0.5, 0.6) is 5.75 Å². The lowest BCUT2D eigenvalue weighted by atomic mass is 10.1. The summed E-state index contributed by atoms with van der Waals surface area (Å²) in [5.41, 5.74) is 8.00. The lowest BCUT2D eigenvalue weighted by Crippen LogP contribution is -2.41. The number of aliphatic hydroxyl groups is 1. The van der Waals surface area contributed by atoms with Gasteiger partial charge in [0, 0.05) is 12.1 Å². The number of hydrogen-bond donors (Lipinski definition) is 3. The van der Waals surface area contributed by atoms with Crippen LogP contribution in [0, 0.1) is 0 Å². The van der Waals surface area contributed by atoms with Crippen molar-refractivity contribution in [2.24, 2.45) is 5.73 Å². The zero-order chi connectivity index (χ0) is 10.8. The van der Waals surface area contributed by atoms with E-state index in [4.69, 9.17) is 15.6 Å². The van der Waals surface area contributed by atoms with Crippen molar-refractivity contribution in [3.05, 3.63) is 23.8 Å². The van der Waals surface area contributed by atoms with Crippen molar-refractivity contribution in [2.75, 3.05) is 19.0 Å². The third kappa shape index (κ3) is 1.78. The van der Waals surface area contributed by atoms with E-state index in [1.807, 2.05) is 12.1 Å². The van der Waals surface area contributed by atoms with E-state index in [0.29, 0.717) is 0 Å². The van der Waals surface area contributed by atoms with Crippen molar-refractivity contribution in [3.8, 4) is 5.75 Å². The number of hydrogen-bond acceptors (Lipinski definition) is 4. The molecule has 1 aromatic rings. The molecular formula is C11H16N2O2. The molecule has 2 unspecified atom stereocenters. The summed E-state index contributed by atoms with van der Waals surface area (Å²) in [5.74, 6) is 0.833. The Bertz CT molecular complexity index is 354. The minimum Gasteiger partial charge on any atom is -0.495 e. The van der Waals surface area contributed by atoms with E-state index >= 15 is 0 Å². The summed E-state index contributed by atoms with van der Waals surface area (Å²) in [6.07, 6.45) is 0.842. The van der Waals surface area contributed by atoms with Crippen molar-refractivity contribution >= 4 is 5.69 Å². The van der Waals surface area contributed by atoms with Crippen LogP contribution in [0.15, 0.2) is 18.2 Å². The first-order chi connectivity index (χ1) is 7.26. The van der Waals surface area contributed by atoms with Crippen LogP contribution in [-0.2, 0) is 6.42 Å². The molecule has 0 aromatic heterocycles. The first kappa shape index (κ1) is 10.3. The molecule has 0 saturated carbocycles. The zero-order valence-electron chi connectivity index (χ0n) is 8.73. The molecule has 2 rings (SSSR count). The minimum absolute atomic E-state index is 0.00598. The third-order valence-electron chi connectivity index (χ3n) is 2.83. The molecule has 0 radical (unpaired) electrons. The quantitative estimate of drug-likeness (QED) is 0.670. The van der Waals surface area contributed by atoms with Crippen molar-refractivity contribution in [1.29, 1.82) is 0 Å². The maximum Gasteiger partial charge on any atom is 0.142 e. The van der Waals surface area contributed by atoms with Crippen LogP contribution in [0.3, 0.4) is 0 Å². The molecule has 1 heterocycles. The fraction of sp³-hybridized carbons (Fsp3) is 0.455. The summed E-state index contributed by atoms with van der Waals surface area (Å²) >= 11 is 0. The van der Waals surface area contributed by atoms with E-state index in [0.717, 1.165) is 17.9 Å². The van der Waals surface area contributed by atoms with Crippen molar-refractivity contribution in [1.82, 2.24) is 0 Å². The second kappa shape index (κ2) is 4.08. The van der Waals surface area contributed by atoms with Gasteiger partial charge in [0.05, 0.1) is 19.4 Å². The van der Waals surface area contributed by atoms with Crippen LogP contribution < -0.4 is 15.8 Å². The lowest BCUT2D eigenvalue weighted by molar-refractivity contribution is 0.254. The molecule has 0 spiro atoms. The highest BCUT2D eigenvalue weighted by Gasteiger charge is 2.27. The van der Waals surface area contributed by atoms with E-state index in [1.165, 1.54) is 5.56 Å². The molecule has 0 saturated heterocycles. The summed E-state index contributed by atoms with van der Waals surface area (Å²) < 4.78 is 5.25. The SMILES string of the molecule is COc1cccc2c1NC(C(N)CO)C2. The summed E-state index contributed by atoms with van der Waals surface area (Å²) in [4.78, 5) is 0. The molecule has 4 nitrogen and oxygen atoms in total. The van der Waals surface area contributed by atoms with Gasteiger partial charge in [0.2, 0.25) is 0 Å². The van der Waals surface area contributed by atoms with Crippen LogP contribution in [0.1, 0.15) is 5.56 Å². The smallest absolute Gasteiger partial charge is 0.142 e. The number of fused-ring (bicyclic) bond motifs is 1.